The summed E-state index contributed by atoms with van der Waals surface area (Å²) in [7, 11) is 0. The van der Waals surface area contributed by atoms with Crippen molar-refractivity contribution in [3.05, 3.63) is 27.5 Å². The van der Waals surface area contributed by atoms with Gasteiger partial charge in [0.15, 0.2) is 6.29 Å². The highest BCUT2D eigenvalue weighted by molar-refractivity contribution is 9.11. The van der Waals surface area contributed by atoms with E-state index in [1.54, 1.807) is 12.1 Å². The van der Waals surface area contributed by atoms with Gasteiger partial charge in [-0.1, -0.05) is 0 Å². The minimum absolute atomic E-state index is 0.0388. The monoisotopic (exact) mass is 256 g/mol. The normalized spacial score (nSPS) is 10.5. The number of rotatable bonds is 1. The van der Waals surface area contributed by atoms with Crippen LogP contribution >= 0.6 is 27.3 Å². The van der Waals surface area contributed by atoms with Crippen molar-refractivity contribution in [2.75, 3.05) is 0 Å². The number of hydrogen-bond donors (Lipinski definition) is 1. The lowest BCUT2D eigenvalue weighted by Crippen LogP contribution is -1.79. The van der Waals surface area contributed by atoms with Gasteiger partial charge in [-0.05, 0) is 39.5 Å². The van der Waals surface area contributed by atoms with Crippen molar-refractivity contribution in [3.63, 3.8) is 0 Å². The lowest BCUT2D eigenvalue weighted by Gasteiger charge is -1.95. The predicted octanol–water partition coefficient (Wildman–Crippen LogP) is 3.18. The first-order chi connectivity index (χ1) is 6.20. The molecule has 2 rings (SSSR count). The standard InChI is InChI=1S/C9H5BrO2S/c10-9-2-5-1-6(4-11)7(12)3-8(5)13-9/h1-4,12H. The molecule has 0 bridgehead atoms. The van der Waals surface area contributed by atoms with E-state index in [4.69, 9.17) is 0 Å². The zero-order valence-electron chi connectivity index (χ0n) is 6.45. The Labute approximate surface area is 86.9 Å². The van der Waals surface area contributed by atoms with E-state index in [1.165, 1.54) is 11.3 Å². The van der Waals surface area contributed by atoms with E-state index >= 15 is 0 Å². The third-order valence-corrected chi connectivity index (χ3v) is 3.36. The molecular formula is C9H5BrO2S. The summed E-state index contributed by atoms with van der Waals surface area (Å²) < 4.78 is 1.96. The van der Waals surface area contributed by atoms with Crippen molar-refractivity contribution in [3.8, 4) is 5.75 Å². The fraction of sp³-hybridized carbons (Fsp3) is 0. The summed E-state index contributed by atoms with van der Waals surface area (Å²) in [5.74, 6) is 0.0388. The number of phenols is 1. The van der Waals surface area contributed by atoms with Crippen LogP contribution in [0.2, 0.25) is 0 Å². The molecule has 2 aromatic rings. The lowest BCUT2D eigenvalue weighted by molar-refractivity contribution is 0.112. The molecule has 1 N–H and O–H groups in total. The topological polar surface area (TPSA) is 37.3 Å². The Morgan fingerprint density at radius 2 is 2.15 bits per heavy atom. The van der Waals surface area contributed by atoms with E-state index in [0.29, 0.717) is 11.8 Å². The van der Waals surface area contributed by atoms with Gasteiger partial charge in [-0.2, -0.15) is 0 Å². The van der Waals surface area contributed by atoms with Crippen LogP contribution in [0.3, 0.4) is 0 Å². The Balaban J connectivity index is 2.79. The first-order valence-corrected chi connectivity index (χ1v) is 5.19. The molecule has 0 aliphatic heterocycles. The second kappa shape index (κ2) is 3.12. The van der Waals surface area contributed by atoms with Gasteiger partial charge in [-0.25, -0.2) is 0 Å². The average Bonchev–Trinajstić information content (AvgIpc) is 2.42. The van der Waals surface area contributed by atoms with Crippen LogP contribution in [0, 0.1) is 0 Å². The van der Waals surface area contributed by atoms with Gasteiger partial charge in [0, 0.05) is 4.70 Å². The number of thiophene rings is 1. The molecule has 0 aliphatic rings. The molecule has 0 saturated heterocycles. The van der Waals surface area contributed by atoms with Crippen LogP contribution < -0.4 is 0 Å². The highest BCUT2D eigenvalue weighted by Gasteiger charge is 2.05. The molecule has 0 radical (unpaired) electrons. The van der Waals surface area contributed by atoms with E-state index < -0.39 is 0 Å². The maximum atomic E-state index is 10.5. The van der Waals surface area contributed by atoms with Crippen molar-refractivity contribution in [2.45, 2.75) is 0 Å². The second-order valence-electron chi connectivity index (χ2n) is 2.62. The predicted molar refractivity (Wildman–Crippen MR) is 56.6 cm³/mol. The maximum absolute atomic E-state index is 10.5. The van der Waals surface area contributed by atoms with Crippen LogP contribution in [0.4, 0.5) is 0 Å². The van der Waals surface area contributed by atoms with E-state index in [-0.39, 0.29) is 5.75 Å². The van der Waals surface area contributed by atoms with Gasteiger partial charge in [-0.3, -0.25) is 4.79 Å². The van der Waals surface area contributed by atoms with Gasteiger partial charge in [0.2, 0.25) is 0 Å². The molecule has 0 spiro atoms. The van der Waals surface area contributed by atoms with Crippen LogP contribution in [0.5, 0.6) is 5.75 Å². The Hall–Kier alpha value is -0.870. The van der Waals surface area contributed by atoms with Gasteiger partial charge in [-0.15, -0.1) is 11.3 Å². The second-order valence-corrected chi connectivity index (χ2v) is 5.08. The molecule has 13 heavy (non-hydrogen) atoms. The average molecular weight is 257 g/mol. The number of aromatic hydroxyl groups is 1. The molecule has 0 atom stereocenters. The largest absolute Gasteiger partial charge is 0.507 e. The third-order valence-electron chi connectivity index (χ3n) is 1.76. The minimum Gasteiger partial charge on any atom is -0.507 e. The van der Waals surface area contributed by atoms with Crippen LogP contribution in [0.25, 0.3) is 10.1 Å². The Morgan fingerprint density at radius 3 is 2.85 bits per heavy atom. The van der Waals surface area contributed by atoms with Crippen molar-refractivity contribution in [2.24, 2.45) is 0 Å². The molecule has 1 aromatic carbocycles. The fourth-order valence-corrected chi connectivity index (χ4v) is 2.73. The van der Waals surface area contributed by atoms with Crippen LogP contribution in [0.1, 0.15) is 10.4 Å². The summed E-state index contributed by atoms with van der Waals surface area (Å²) in [6.45, 7) is 0. The summed E-state index contributed by atoms with van der Waals surface area (Å²) in [6.07, 6.45) is 0.653. The molecule has 1 aromatic heterocycles. The highest BCUT2D eigenvalue weighted by atomic mass is 79.9. The Bertz CT molecular complexity index is 476. The van der Waals surface area contributed by atoms with E-state index in [1.807, 2.05) is 6.07 Å². The number of hydrogen-bond acceptors (Lipinski definition) is 3. The van der Waals surface area contributed by atoms with Gasteiger partial charge in [0.05, 0.1) is 9.35 Å². The van der Waals surface area contributed by atoms with Gasteiger partial charge in [0.25, 0.3) is 0 Å². The molecule has 0 aliphatic carbocycles. The zero-order chi connectivity index (χ0) is 9.42. The molecule has 0 saturated carbocycles. The highest BCUT2D eigenvalue weighted by Crippen LogP contribution is 2.33. The third kappa shape index (κ3) is 1.47. The first-order valence-electron chi connectivity index (χ1n) is 3.58. The molecule has 0 amide bonds. The van der Waals surface area contributed by atoms with Crippen LogP contribution in [-0.2, 0) is 0 Å². The van der Waals surface area contributed by atoms with E-state index in [9.17, 15) is 9.90 Å². The maximum Gasteiger partial charge on any atom is 0.153 e. The van der Waals surface area contributed by atoms with Crippen molar-refractivity contribution < 1.29 is 9.90 Å². The van der Waals surface area contributed by atoms with Crippen molar-refractivity contribution >= 4 is 43.6 Å². The van der Waals surface area contributed by atoms with Crippen LogP contribution in [0.15, 0.2) is 22.0 Å². The summed E-state index contributed by atoms with van der Waals surface area (Å²) in [5, 5.41) is 10.3. The first kappa shape index (κ1) is 8.72. The van der Waals surface area contributed by atoms with E-state index in [2.05, 4.69) is 15.9 Å². The molecule has 0 fully saturated rings. The van der Waals surface area contributed by atoms with Gasteiger partial charge < -0.3 is 5.11 Å². The summed E-state index contributed by atoms with van der Waals surface area (Å²) in [4.78, 5) is 10.5. The molecular weight excluding hydrogens is 252 g/mol. The fourth-order valence-electron chi connectivity index (χ4n) is 1.16. The Morgan fingerprint density at radius 1 is 1.38 bits per heavy atom. The Kier molecular flexibility index (Phi) is 2.09. The number of phenolic OH excluding ortho intramolecular Hbond substituents is 1. The molecule has 0 unspecified atom stereocenters. The van der Waals surface area contributed by atoms with Crippen LogP contribution in [-0.4, -0.2) is 11.4 Å². The number of carbonyl (C=O) groups is 1. The number of benzene rings is 1. The summed E-state index contributed by atoms with van der Waals surface area (Å²) >= 11 is 4.87. The number of aldehydes is 1. The minimum atomic E-state index is 0.0388. The number of fused-ring (bicyclic) bond motifs is 1. The SMILES string of the molecule is O=Cc1cc2cc(Br)sc2cc1O. The van der Waals surface area contributed by atoms with Crippen molar-refractivity contribution in [1.29, 1.82) is 0 Å². The molecule has 4 heteroatoms. The summed E-state index contributed by atoms with van der Waals surface area (Å²) in [6, 6.07) is 5.21. The molecule has 66 valence electrons. The smallest absolute Gasteiger partial charge is 0.153 e. The quantitative estimate of drug-likeness (QED) is 0.796. The van der Waals surface area contributed by atoms with Gasteiger partial charge in [0.1, 0.15) is 5.75 Å². The molecule has 2 nitrogen and oxygen atoms in total. The lowest BCUT2D eigenvalue weighted by atomic mass is 10.2. The van der Waals surface area contributed by atoms with E-state index in [0.717, 1.165) is 13.9 Å². The summed E-state index contributed by atoms with van der Waals surface area (Å²) in [5.41, 5.74) is 0.331. The number of halogens is 1. The van der Waals surface area contributed by atoms with Gasteiger partial charge >= 0.3 is 0 Å². The molecule has 1 heterocycles. The van der Waals surface area contributed by atoms with Crippen molar-refractivity contribution in [1.82, 2.24) is 0 Å². The zero-order valence-corrected chi connectivity index (χ0v) is 8.85. The number of carbonyl (C=O) groups excluding carboxylic acids is 1.